The van der Waals surface area contributed by atoms with Gasteiger partial charge in [-0.1, -0.05) is 0 Å². The molecule has 1 heterocycles. The van der Waals surface area contributed by atoms with E-state index in [0.717, 1.165) is 0 Å². The number of aliphatic hydroxyl groups excluding tert-OH is 1. The van der Waals surface area contributed by atoms with Crippen LogP contribution in [-0.2, 0) is 13.2 Å². The van der Waals surface area contributed by atoms with Crippen molar-refractivity contribution in [1.29, 1.82) is 0 Å². The Balaban J connectivity index is 3.10. The first-order valence-electron chi connectivity index (χ1n) is 3.75. The van der Waals surface area contributed by atoms with Gasteiger partial charge in [-0.25, -0.2) is 8.78 Å². The number of halogens is 2. The Kier molecular flexibility index (Phi) is 3.27. The van der Waals surface area contributed by atoms with Crippen molar-refractivity contribution < 1.29 is 13.9 Å². The SMILES string of the molecule is NCc1cc(C(F)F)c(CO)cn1. The lowest BCUT2D eigenvalue weighted by atomic mass is 10.1. The Morgan fingerprint density at radius 1 is 1.54 bits per heavy atom. The predicted molar refractivity (Wildman–Crippen MR) is 43.0 cm³/mol. The van der Waals surface area contributed by atoms with Crippen LogP contribution in [0.15, 0.2) is 12.3 Å². The first-order chi connectivity index (χ1) is 6.19. The molecule has 0 atom stereocenters. The van der Waals surface area contributed by atoms with E-state index in [4.69, 9.17) is 10.8 Å². The van der Waals surface area contributed by atoms with Gasteiger partial charge in [0.15, 0.2) is 0 Å². The second-order valence-electron chi connectivity index (χ2n) is 2.54. The molecular formula is C8H10F2N2O. The number of hydrogen-bond donors (Lipinski definition) is 2. The van der Waals surface area contributed by atoms with Crippen molar-refractivity contribution >= 4 is 0 Å². The van der Waals surface area contributed by atoms with Gasteiger partial charge in [-0.3, -0.25) is 4.98 Å². The zero-order valence-electron chi connectivity index (χ0n) is 6.87. The maximum absolute atomic E-state index is 12.4. The number of nitrogens with zero attached hydrogens (tertiary/aromatic N) is 1. The number of rotatable bonds is 3. The minimum absolute atomic E-state index is 0.116. The summed E-state index contributed by atoms with van der Waals surface area (Å²) in [5.41, 5.74) is 5.59. The van der Waals surface area contributed by atoms with Gasteiger partial charge in [-0.2, -0.15) is 0 Å². The van der Waals surface area contributed by atoms with Crippen molar-refractivity contribution in [3.63, 3.8) is 0 Å². The highest BCUT2D eigenvalue weighted by Crippen LogP contribution is 2.22. The molecule has 0 unspecified atom stereocenters. The quantitative estimate of drug-likeness (QED) is 0.743. The summed E-state index contributed by atoms with van der Waals surface area (Å²) in [6.07, 6.45) is -1.38. The van der Waals surface area contributed by atoms with Crippen molar-refractivity contribution in [1.82, 2.24) is 4.98 Å². The molecule has 3 N–H and O–H groups in total. The van der Waals surface area contributed by atoms with Crippen LogP contribution in [0.3, 0.4) is 0 Å². The fourth-order valence-corrected chi connectivity index (χ4v) is 0.992. The summed E-state index contributed by atoms with van der Waals surface area (Å²) in [5, 5.41) is 8.73. The Hall–Kier alpha value is -1.07. The maximum atomic E-state index is 12.4. The normalized spacial score (nSPS) is 10.8. The molecule has 5 heteroatoms. The van der Waals surface area contributed by atoms with Crippen LogP contribution in [0.2, 0.25) is 0 Å². The number of nitrogens with two attached hydrogens (primary N) is 1. The van der Waals surface area contributed by atoms with Gasteiger partial charge in [-0.05, 0) is 6.07 Å². The van der Waals surface area contributed by atoms with Gasteiger partial charge in [0.25, 0.3) is 6.43 Å². The molecule has 0 saturated carbocycles. The average molecular weight is 188 g/mol. The average Bonchev–Trinajstić information content (AvgIpc) is 2.16. The van der Waals surface area contributed by atoms with Crippen LogP contribution in [0, 0.1) is 0 Å². The summed E-state index contributed by atoms with van der Waals surface area (Å²) in [6.45, 7) is -0.317. The molecule has 0 aliphatic rings. The largest absolute Gasteiger partial charge is 0.392 e. The molecule has 3 nitrogen and oxygen atoms in total. The van der Waals surface area contributed by atoms with Crippen molar-refractivity contribution in [2.75, 3.05) is 0 Å². The van der Waals surface area contributed by atoms with Crippen LogP contribution in [0.25, 0.3) is 0 Å². The molecule has 72 valence electrons. The van der Waals surface area contributed by atoms with Crippen LogP contribution in [0.1, 0.15) is 23.2 Å². The molecule has 0 fully saturated rings. The summed E-state index contributed by atoms with van der Waals surface area (Å²) >= 11 is 0. The monoisotopic (exact) mass is 188 g/mol. The third-order valence-corrected chi connectivity index (χ3v) is 1.69. The summed E-state index contributed by atoms with van der Waals surface area (Å²) in [5.74, 6) is 0. The number of pyridine rings is 1. The van der Waals surface area contributed by atoms with Crippen LogP contribution in [0.4, 0.5) is 8.78 Å². The van der Waals surface area contributed by atoms with E-state index >= 15 is 0 Å². The molecule has 0 aliphatic carbocycles. The van der Waals surface area contributed by atoms with E-state index in [-0.39, 0.29) is 17.7 Å². The second kappa shape index (κ2) is 4.25. The lowest BCUT2D eigenvalue weighted by Gasteiger charge is -2.07. The van der Waals surface area contributed by atoms with E-state index in [9.17, 15) is 8.78 Å². The molecule has 0 saturated heterocycles. The van der Waals surface area contributed by atoms with Crippen LogP contribution in [-0.4, -0.2) is 10.1 Å². The third-order valence-electron chi connectivity index (χ3n) is 1.69. The van der Waals surface area contributed by atoms with Crippen molar-refractivity contribution in [3.05, 3.63) is 29.1 Å². The Labute approximate surface area is 74.2 Å². The molecule has 0 radical (unpaired) electrons. The zero-order chi connectivity index (χ0) is 9.84. The van der Waals surface area contributed by atoms with Crippen LogP contribution < -0.4 is 5.73 Å². The smallest absolute Gasteiger partial charge is 0.264 e. The van der Waals surface area contributed by atoms with Gasteiger partial charge in [0.2, 0.25) is 0 Å². The van der Waals surface area contributed by atoms with Crippen LogP contribution in [0.5, 0.6) is 0 Å². The molecule has 1 aromatic rings. The molecule has 13 heavy (non-hydrogen) atoms. The van der Waals surface area contributed by atoms with E-state index in [1.807, 2.05) is 0 Å². The minimum Gasteiger partial charge on any atom is -0.392 e. The molecule has 0 spiro atoms. The number of hydrogen-bond acceptors (Lipinski definition) is 3. The topological polar surface area (TPSA) is 59.1 Å². The first-order valence-corrected chi connectivity index (χ1v) is 3.75. The van der Waals surface area contributed by atoms with Gasteiger partial charge in [0.1, 0.15) is 0 Å². The van der Waals surface area contributed by atoms with E-state index in [2.05, 4.69) is 4.98 Å². The molecule has 0 aliphatic heterocycles. The van der Waals surface area contributed by atoms with E-state index in [1.165, 1.54) is 12.3 Å². The highest BCUT2D eigenvalue weighted by Gasteiger charge is 2.13. The van der Waals surface area contributed by atoms with Gasteiger partial charge >= 0.3 is 0 Å². The number of aliphatic hydroxyl groups is 1. The second-order valence-corrected chi connectivity index (χ2v) is 2.54. The number of alkyl halides is 2. The standard InChI is InChI=1S/C8H10F2N2O/c9-8(10)7-1-6(2-11)12-3-5(7)4-13/h1,3,8,13H,2,4,11H2. The summed E-state index contributed by atoms with van der Waals surface area (Å²) in [6, 6.07) is 1.22. The van der Waals surface area contributed by atoms with Crippen LogP contribution >= 0.6 is 0 Å². The van der Waals surface area contributed by atoms with Gasteiger partial charge < -0.3 is 10.8 Å². The maximum Gasteiger partial charge on any atom is 0.264 e. The molecule has 1 rings (SSSR count). The zero-order valence-corrected chi connectivity index (χ0v) is 6.87. The van der Waals surface area contributed by atoms with Gasteiger partial charge in [0.05, 0.1) is 12.3 Å². The lowest BCUT2D eigenvalue weighted by molar-refractivity contribution is 0.147. The fraction of sp³-hybridized carbons (Fsp3) is 0.375. The van der Waals surface area contributed by atoms with Crippen molar-refractivity contribution in [2.24, 2.45) is 5.73 Å². The van der Waals surface area contributed by atoms with Gasteiger partial charge in [-0.15, -0.1) is 0 Å². The summed E-state index contributed by atoms with van der Waals surface area (Å²) in [4.78, 5) is 3.79. The lowest BCUT2D eigenvalue weighted by Crippen LogP contribution is -2.04. The highest BCUT2D eigenvalue weighted by atomic mass is 19.3. The number of aromatic nitrogens is 1. The van der Waals surface area contributed by atoms with Crippen molar-refractivity contribution in [2.45, 2.75) is 19.6 Å². The Morgan fingerprint density at radius 3 is 2.69 bits per heavy atom. The predicted octanol–water partition coefficient (Wildman–Crippen LogP) is 0.970. The third kappa shape index (κ3) is 2.19. The van der Waals surface area contributed by atoms with E-state index in [0.29, 0.717) is 5.69 Å². The summed E-state index contributed by atoms with van der Waals surface area (Å²) in [7, 11) is 0. The van der Waals surface area contributed by atoms with E-state index < -0.39 is 13.0 Å². The Morgan fingerprint density at radius 2 is 2.23 bits per heavy atom. The highest BCUT2D eigenvalue weighted by molar-refractivity contribution is 5.27. The first kappa shape index (κ1) is 10.0. The molecular weight excluding hydrogens is 178 g/mol. The molecule has 0 bridgehead atoms. The van der Waals surface area contributed by atoms with E-state index in [1.54, 1.807) is 0 Å². The molecule has 1 aromatic heterocycles. The summed E-state index contributed by atoms with van der Waals surface area (Å²) < 4.78 is 24.7. The fourth-order valence-electron chi connectivity index (χ4n) is 0.992. The minimum atomic E-state index is -2.60. The van der Waals surface area contributed by atoms with Gasteiger partial charge in [0, 0.05) is 23.9 Å². The molecule has 0 aromatic carbocycles. The molecule has 0 amide bonds. The van der Waals surface area contributed by atoms with Crippen molar-refractivity contribution in [3.8, 4) is 0 Å². The Bertz CT molecular complexity index is 291.